The van der Waals surface area contributed by atoms with E-state index in [-0.39, 0.29) is 5.41 Å². The molecule has 0 bridgehead atoms. The molecule has 0 radical (unpaired) electrons. The molecule has 2 aromatic heterocycles. The van der Waals surface area contributed by atoms with E-state index in [2.05, 4.69) is 182 Å². The number of furan rings is 1. The number of hydrogen-bond acceptors (Lipinski definition) is 3. The standard InChI is InChI=1S/C50H33NOS/c1-50(34-21-26-43-42-15-7-10-18-48(42)53-49(43)29-34)44-16-8-5-13-38(44)39-27-24-36(30-45(39)50)51(35-22-19-33(20-23-35)32-11-3-2-4-12-32)37-25-28-41-40-14-6-9-17-46(40)52-47(41)31-37/h2-31H,1H3. The van der Waals surface area contributed by atoms with Crippen molar-refractivity contribution in [2.24, 2.45) is 0 Å². The summed E-state index contributed by atoms with van der Waals surface area (Å²) in [6, 6.07) is 66.3. The van der Waals surface area contributed by atoms with E-state index in [9.17, 15) is 0 Å². The van der Waals surface area contributed by atoms with E-state index in [0.717, 1.165) is 39.0 Å². The van der Waals surface area contributed by atoms with Crippen LogP contribution in [0.4, 0.5) is 17.1 Å². The summed E-state index contributed by atoms with van der Waals surface area (Å²) in [6.45, 7) is 2.41. The lowest BCUT2D eigenvalue weighted by Gasteiger charge is -2.31. The lowest BCUT2D eigenvalue weighted by Crippen LogP contribution is -2.23. The Bertz CT molecular complexity index is 3030. The minimum absolute atomic E-state index is 0.349. The van der Waals surface area contributed by atoms with E-state index in [1.54, 1.807) is 0 Å². The molecule has 0 fully saturated rings. The van der Waals surface area contributed by atoms with Gasteiger partial charge in [-0.2, -0.15) is 0 Å². The number of thiophene rings is 1. The van der Waals surface area contributed by atoms with E-state index in [4.69, 9.17) is 4.42 Å². The molecule has 53 heavy (non-hydrogen) atoms. The molecule has 3 heteroatoms. The fourth-order valence-corrected chi connectivity index (χ4v) is 9.85. The maximum Gasteiger partial charge on any atom is 0.137 e. The summed E-state index contributed by atoms with van der Waals surface area (Å²) < 4.78 is 9.08. The number of para-hydroxylation sites is 1. The zero-order chi connectivity index (χ0) is 35.1. The average Bonchev–Trinajstić information content (AvgIpc) is 3.86. The summed E-state index contributed by atoms with van der Waals surface area (Å²) in [7, 11) is 0. The summed E-state index contributed by atoms with van der Waals surface area (Å²) in [5.41, 5.74) is 13.6. The van der Waals surface area contributed by atoms with Crippen LogP contribution < -0.4 is 4.90 Å². The first-order valence-electron chi connectivity index (χ1n) is 18.2. The molecule has 250 valence electrons. The van der Waals surface area contributed by atoms with E-state index < -0.39 is 0 Å². The highest BCUT2D eigenvalue weighted by Crippen LogP contribution is 2.54. The normalized spacial score (nSPS) is 15.0. The van der Waals surface area contributed by atoms with Crippen LogP contribution in [0.5, 0.6) is 0 Å². The Morgan fingerprint density at radius 3 is 1.94 bits per heavy atom. The molecule has 0 spiro atoms. The molecule has 1 atom stereocenters. The van der Waals surface area contributed by atoms with Crippen molar-refractivity contribution in [3.05, 3.63) is 199 Å². The van der Waals surface area contributed by atoms with Crippen molar-refractivity contribution in [1.29, 1.82) is 0 Å². The Hall–Kier alpha value is -6.42. The number of hydrogen-bond donors (Lipinski definition) is 0. The first-order valence-corrected chi connectivity index (χ1v) is 19.0. The first kappa shape index (κ1) is 30.2. The third-order valence-corrected chi connectivity index (χ3v) is 12.5. The van der Waals surface area contributed by atoms with Gasteiger partial charge in [0, 0.05) is 59.5 Å². The second kappa shape index (κ2) is 11.5. The molecule has 0 aliphatic heterocycles. The van der Waals surface area contributed by atoms with Crippen molar-refractivity contribution in [2.75, 3.05) is 4.90 Å². The van der Waals surface area contributed by atoms with Gasteiger partial charge >= 0.3 is 0 Å². The molecular formula is C50H33NOS. The van der Waals surface area contributed by atoms with Gasteiger partial charge in [-0.05, 0) is 100 Å². The summed E-state index contributed by atoms with van der Waals surface area (Å²) in [5, 5.41) is 4.91. The summed E-state index contributed by atoms with van der Waals surface area (Å²) >= 11 is 1.88. The number of nitrogens with zero attached hydrogens (tertiary/aromatic N) is 1. The van der Waals surface area contributed by atoms with Crippen molar-refractivity contribution >= 4 is 70.5 Å². The minimum atomic E-state index is -0.349. The molecule has 0 saturated heterocycles. The van der Waals surface area contributed by atoms with Gasteiger partial charge in [-0.1, -0.05) is 121 Å². The second-order valence-electron chi connectivity index (χ2n) is 14.2. The van der Waals surface area contributed by atoms with Crippen LogP contribution in [0.2, 0.25) is 0 Å². The van der Waals surface area contributed by atoms with E-state index in [1.807, 2.05) is 23.5 Å². The summed E-state index contributed by atoms with van der Waals surface area (Å²) in [6.07, 6.45) is 0. The molecular weight excluding hydrogens is 663 g/mol. The Morgan fingerprint density at radius 2 is 1.06 bits per heavy atom. The topological polar surface area (TPSA) is 16.4 Å². The zero-order valence-corrected chi connectivity index (χ0v) is 29.9. The maximum absolute atomic E-state index is 6.43. The van der Waals surface area contributed by atoms with Crippen LogP contribution in [0.15, 0.2) is 186 Å². The summed E-state index contributed by atoms with van der Waals surface area (Å²) in [4.78, 5) is 2.38. The van der Waals surface area contributed by atoms with Gasteiger partial charge in [-0.3, -0.25) is 0 Å². The number of benzene rings is 8. The first-order chi connectivity index (χ1) is 26.1. The molecule has 0 saturated carbocycles. The van der Waals surface area contributed by atoms with Crippen LogP contribution in [-0.2, 0) is 5.41 Å². The van der Waals surface area contributed by atoms with Gasteiger partial charge < -0.3 is 9.32 Å². The van der Waals surface area contributed by atoms with Crippen LogP contribution in [0.1, 0.15) is 23.6 Å². The van der Waals surface area contributed by atoms with Crippen LogP contribution in [-0.4, -0.2) is 0 Å². The lowest BCUT2D eigenvalue weighted by atomic mass is 9.74. The second-order valence-corrected chi connectivity index (χ2v) is 15.3. The molecule has 1 unspecified atom stereocenters. The van der Waals surface area contributed by atoms with Gasteiger partial charge in [0.1, 0.15) is 11.2 Å². The van der Waals surface area contributed by atoms with Gasteiger partial charge in [0.15, 0.2) is 0 Å². The molecule has 1 aliphatic rings. The predicted octanol–water partition coefficient (Wildman–Crippen LogP) is 14.4. The molecule has 2 heterocycles. The van der Waals surface area contributed by atoms with Crippen LogP contribution >= 0.6 is 11.3 Å². The van der Waals surface area contributed by atoms with Crippen molar-refractivity contribution in [1.82, 2.24) is 0 Å². The minimum Gasteiger partial charge on any atom is -0.456 e. The van der Waals surface area contributed by atoms with Crippen LogP contribution in [0, 0.1) is 0 Å². The fraction of sp³-hybridized carbons (Fsp3) is 0.0400. The molecule has 11 rings (SSSR count). The Kier molecular flexibility index (Phi) is 6.58. The third kappa shape index (κ3) is 4.57. The molecule has 8 aromatic carbocycles. The Labute approximate surface area is 311 Å². The van der Waals surface area contributed by atoms with Crippen molar-refractivity contribution < 1.29 is 4.42 Å². The van der Waals surface area contributed by atoms with E-state index in [0.29, 0.717) is 0 Å². The SMILES string of the molecule is CC1(c2ccc3c(c2)sc2ccccc23)c2ccccc2-c2ccc(N(c3ccc(-c4ccccc4)cc3)c3ccc4c(c3)oc3ccccc34)cc21. The quantitative estimate of drug-likeness (QED) is 0.178. The van der Waals surface area contributed by atoms with E-state index >= 15 is 0 Å². The Balaban J connectivity index is 1.11. The van der Waals surface area contributed by atoms with E-state index in [1.165, 1.54) is 59.1 Å². The van der Waals surface area contributed by atoms with Crippen molar-refractivity contribution in [3.63, 3.8) is 0 Å². The Morgan fingerprint density at radius 1 is 0.434 bits per heavy atom. The predicted molar refractivity (Wildman–Crippen MR) is 224 cm³/mol. The van der Waals surface area contributed by atoms with Gasteiger partial charge in [0.2, 0.25) is 0 Å². The molecule has 1 aliphatic carbocycles. The maximum atomic E-state index is 6.43. The molecule has 2 nitrogen and oxygen atoms in total. The molecule has 0 N–H and O–H groups in total. The highest BCUT2D eigenvalue weighted by molar-refractivity contribution is 7.25. The number of fused-ring (bicyclic) bond motifs is 9. The molecule has 0 amide bonds. The summed E-state index contributed by atoms with van der Waals surface area (Å²) in [5.74, 6) is 0. The monoisotopic (exact) mass is 695 g/mol. The highest BCUT2D eigenvalue weighted by atomic mass is 32.1. The van der Waals surface area contributed by atoms with Crippen molar-refractivity contribution in [2.45, 2.75) is 12.3 Å². The fourth-order valence-electron chi connectivity index (χ4n) is 8.70. The van der Waals surface area contributed by atoms with Crippen LogP contribution in [0.3, 0.4) is 0 Å². The van der Waals surface area contributed by atoms with Gasteiger partial charge in [0.25, 0.3) is 0 Å². The van der Waals surface area contributed by atoms with Gasteiger partial charge in [0.05, 0.1) is 0 Å². The third-order valence-electron chi connectivity index (χ3n) is 11.4. The average molecular weight is 696 g/mol. The number of rotatable bonds is 5. The zero-order valence-electron chi connectivity index (χ0n) is 29.1. The molecule has 10 aromatic rings. The van der Waals surface area contributed by atoms with Crippen molar-refractivity contribution in [3.8, 4) is 22.3 Å². The van der Waals surface area contributed by atoms with Gasteiger partial charge in [-0.15, -0.1) is 11.3 Å². The number of anilines is 3. The lowest BCUT2D eigenvalue weighted by molar-refractivity contribution is 0.669. The largest absolute Gasteiger partial charge is 0.456 e. The van der Waals surface area contributed by atoms with Gasteiger partial charge in [-0.25, -0.2) is 0 Å². The van der Waals surface area contributed by atoms with Crippen LogP contribution in [0.25, 0.3) is 64.4 Å². The highest BCUT2D eigenvalue weighted by Gasteiger charge is 2.41. The smallest absolute Gasteiger partial charge is 0.137 e.